The van der Waals surface area contributed by atoms with Crippen molar-refractivity contribution in [1.82, 2.24) is 0 Å². The van der Waals surface area contributed by atoms with E-state index in [0.717, 1.165) is 16.2 Å². The Bertz CT molecular complexity index is 526. The summed E-state index contributed by atoms with van der Waals surface area (Å²) < 4.78 is 0. The molecule has 0 saturated carbocycles. The van der Waals surface area contributed by atoms with E-state index in [-0.39, 0.29) is 0 Å². The Balaban J connectivity index is 1.99. The van der Waals surface area contributed by atoms with Gasteiger partial charge >= 0.3 is 0 Å². The maximum atomic E-state index is 5.98. The molecule has 18 heavy (non-hydrogen) atoms. The van der Waals surface area contributed by atoms with Crippen molar-refractivity contribution in [3.8, 4) is 0 Å². The van der Waals surface area contributed by atoms with Crippen molar-refractivity contribution in [2.75, 3.05) is 0 Å². The highest BCUT2D eigenvalue weighted by Gasteiger charge is 2.01. The molecule has 94 valence electrons. The highest BCUT2D eigenvalue weighted by atomic mass is 35.5. The highest BCUT2D eigenvalue weighted by molar-refractivity contribution is 7.98. The quantitative estimate of drug-likeness (QED) is 0.825. The van der Waals surface area contributed by atoms with Crippen molar-refractivity contribution >= 4 is 35.0 Å². The summed E-state index contributed by atoms with van der Waals surface area (Å²) in [5.41, 5.74) is 7.98. The number of hydrogen-bond donors (Lipinski definition) is 1. The predicted octanol–water partition coefficient (Wildman–Crippen LogP) is 4.74. The number of nitrogens with two attached hydrogens (primary N) is 1. The van der Waals surface area contributed by atoms with Crippen LogP contribution in [0.25, 0.3) is 0 Å². The zero-order valence-electron chi connectivity index (χ0n) is 9.70. The number of hydrogen-bond acceptors (Lipinski definition) is 2. The van der Waals surface area contributed by atoms with Gasteiger partial charge in [-0.05, 0) is 29.3 Å². The summed E-state index contributed by atoms with van der Waals surface area (Å²) in [7, 11) is 0. The Morgan fingerprint density at radius 3 is 2.17 bits per heavy atom. The van der Waals surface area contributed by atoms with Gasteiger partial charge < -0.3 is 5.73 Å². The zero-order valence-corrected chi connectivity index (χ0v) is 12.0. The van der Waals surface area contributed by atoms with Crippen LogP contribution in [0, 0.1) is 0 Å². The molecule has 2 rings (SSSR count). The molecular formula is C14H13Cl2NS. The fourth-order valence-electron chi connectivity index (χ4n) is 1.50. The molecule has 0 aliphatic carbocycles. The fourth-order valence-corrected chi connectivity index (χ4v) is 2.76. The molecular weight excluding hydrogens is 285 g/mol. The van der Waals surface area contributed by atoms with Crippen molar-refractivity contribution in [2.45, 2.75) is 17.2 Å². The molecule has 0 aromatic heterocycles. The van der Waals surface area contributed by atoms with Crippen molar-refractivity contribution < 1.29 is 0 Å². The third-order valence-corrected chi connectivity index (χ3v) is 4.36. The van der Waals surface area contributed by atoms with Gasteiger partial charge in [0.2, 0.25) is 0 Å². The molecule has 0 bridgehead atoms. The lowest BCUT2D eigenvalue weighted by molar-refractivity contribution is 1.07. The molecule has 0 aliphatic rings. The molecule has 4 heteroatoms. The van der Waals surface area contributed by atoms with Crippen molar-refractivity contribution in [3.63, 3.8) is 0 Å². The van der Waals surface area contributed by atoms with Crippen LogP contribution in [0.4, 0.5) is 0 Å². The molecule has 2 aromatic carbocycles. The van der Waals surface area contributed by atoms with Gasteiger partial charge in [0.25, 0.3) is 0 Å². The van der Waals surface area contributed by atoms with Gasteiger partial charge in [0.1, 0.15) is 0 Å². The van der Waals surface area contributed by atoms with E-state index in [4.69, 9.17) is 28.9 Å². The number of thioether (sulfide) groups is 1. The molecule has 2 aromatic rings. The van der Waals surface area contributed by atoms with Gasteiger partial charge in [0.15, 0.2) is 0 Å². The monoisotopic (exact) mass is 297 g/mol. The van der Waals surface area contributed by atoms with Crippen LogP contribution in [0.2, 0.25) is 10.0 Å². The molecule has 0 saturated heterocycles. The maximum Gasteiger partial charge on any atom is 0.0603 e. The standard InChI is InChI=1S/C14H13Cl2NS/c15-13-6-5-12(7-14(13)16)18-9-11-3-1-10(8-17)2-4-11/h1-7H,8-9,17H2. The Morgan fingerprint density at radius 2 is 1.56 bits per heavy atom. The molecule has 0 amide bonds. The predicted molar refractivity (Wildman–Crippen MR) is 80.4 cm³/mol. The van der Waals surface area contributed by atoms with Crippen LogP contribution in [-0.2, 0) is 12.3 Å². The lowest BCUT2D eigenvalue weighted by Crippen LogP contribution is -1.95. The van der Waals surface area contributed by atoms with Crippen LogP contribution in [-0.4, -0.2) is 0 Å². The van der Waals surface area contributed by atoms with E-state index in [0.29, 0.717) is 16.6 Å². The van der Waals surface area contributed by atoms with Crippen LogP contribution in [0.5, 0.6) is 0 Å². The average molecular weight is 298 g/mol. The summed E-state index contributed by atoms with van der Waals surface area (Å²) in [5.74, 6) is 0.906. The second-order valence-electron chi connectivity index (χ2n) is 3.89. The number of halogens is 2. The first-order chi connectivity index (χ1) is 8.69. The first kappa shape index (κ1) is 13.8. The van der Waals surface area contributed by atoms with Crippen LogP contribution in [0.15, 0.2) is 47.4 Å². The third kappa shape index (κ3) is 3.66. The maximum absolute atomic E-state index is 5.98. The average Bonchev–Trinajstić information content (AvgIpc) is 2.41. The van der Waals surface area contributed by atoms with E-state index in [1.807, 2.05) is 18.2 Å². The molecule has 0 radical (unpaired) electrons. The normalized spacial score (nSPS) is 10.6. The molecule has 1 nitrogen and oxygen atoms in total. The Hall–Kier alpha value is -0.670. The van der Waals surface area contributed by atoms with E-state index in [9.17, 15) is 0 Å². The second-order valence-corrected chi connectivity index (χ2v) is 5.75. The SMILES string of the molecule is NCc1ccc(CSc2ccc(Cl)c(Cl)c2)cc1. The van der Waals surface area contributed by atoms with E-state index in [1.165, 1.54) is 5.56 Å². The van der Waals surface area contributed by atoms with Gasteiger partial charge in [0.05, 0.1) is 10.0 Å². The summed E-state index contributed by atoms with van der Waals surface area (Å²) in [6.07, 6.45) is 0. The van der Waals surface area contributed by atoms with Gasteiger partial charge in [0, 0.05) is 17.2 Å². The number of benzene rings is 2. The van der Waals surface area contributed by atoms with Gasteiger partial charge in [-0.2, -0.15) is 0 Å². The summed E-state index contributed by atoms with van der Waals surface area (Å²) in [6, 6.07) is 14.0. The zero-order chi connectivity index (χ0) is 13.0. The summed E-state index contributed by atoms with van der Waals surface area (Å²) in [6.45, 7) is 0.584. The topological polar surface area (TPSA) is 26.0 Å². The lowest BCUT2D eigenvalue weighted by atomic mass is 10.1. The van der Waals surface area contributed by atoms with Crippen molar-refractivity contribution in [2.24, 2.45) is 5.73 Å². The molecule has 0 fully saturated rings. The molecule has 0 unspecified atom stereocenters. The summed E-state index contributed by atoms with van der Waals surface area (Å²) >= 11 is 13.6. The van der Waals surface area contributed by atoms with Crippen LogP contribution in [0.3, 0.4) is 0 Å². The second kappa shape index (κ2) is 6.48. The van der Waals surface area contributed by atoms with E-state index >= 15 is 0 Å². The van der Waals surface area contributed by atoms with E-state index in [1.54, 1.807) is 11.8 Å². The first-order valence-corrected chi connectivity index (χ1v) is 7.29. The van der Waals surface area contributed by atoms with Crippen molar-refractivity contribution in [3.05, 3.63) is 63.6 Å². The number of rotatable bonds is 4. The first-order valence-electron chi connectivity index (χ1n) is 5.55. The minimum atomic E-state index is 0.584. The molecule has 0 aliphatic heterocycles. The molecule has 0 heterocycles. The van der Waals surface area contributed by atoms with Crippen molar-refractivity contribution in [1.29, 1.82) is 0 Å². The Labute approximate surface area is 121 Å². The smallest absolute Gasteiger partial charge is 0.0603 e. The minimum absolute atomic E-state index is 0.584. The fraction of sp³-hybridized carbons (Fsp3) is 0.143. The molecule has 0 atom stereocenters. The van der Waals surface area contributed by atoms with E-state index < -0.39 is 0 Å². The lowest BCUT2D eigenvalue weighted by Gasteiger charge is -2.04. The molecule has 0 spiro atoms. The summed E-state index contributed by atoms with van der Waals surface area (Å²) in [5, 5.41) is 1.19. The van der Waals surface area contributed by atoms with Gasteiger partial charge in [-0.3, -0.25) is 0 Å². The summed E-state index contributed by atoms with van der Waals surface area (Å²) in [4.78, 5) is 1.12. The Morgan fingerprint density at radius 1 is 0.889 bits per heavy atom. The van der Waals surface area contributed by atoms with Gasteiger partial charge in [-0.1, -0.05) is 47.5 Å². The van der Waals surface area contributed by atoms with Crippen LogP contribution >= 0.6 is 35.0 Å². The van der Waals surface area contributed by atoms with Crippen LogP contribution < -0.4 is 5.73 Å². The largest absolute Gasteiger partial charge is 0.326 e. The Kier molecular flexibility index (Phi) is 4.95. The van der Waals surface area contributed by atoms with Gasteiger partial charge in [-0.25, -0.2) is 0 Å². The molecule has 2 N–H and O–H groups in total. The van der Waals surface area contributed by atoms with Crippen LogP contribution in [0.1, 0.15) is 11.1 Å². The van der Waals surface area contributed by atoms with Gasteiger partial charge in [-0.15, -0.1) is 11.8 Å². The highest BCUT2D eigenvalue weighted by Crippen LogP contribution is 2.29. The third-order valence-electron chi connectivity index (χ3n) is 2.56. The minimum Gasteiger partial charge on any atom is -0.326 e. The van der Waals surface area contributed by atoms with E-state index in [2.05, 4.69) is 24.3 Å².